The summed E-state index contributed by atoms with van der Waals surface area (Å²) < 4.78 is 0.757. The van der Waals surface area contributed by atoms with E-state index in [1.54, 1.807) is 11.3 Å². The first-order valence-corrected chi connectivity index (χ1v) is 5.84. The first-order valence-electron chi connectivity index (χ1n) is 3.63. The molecule has 2 heterocycles. The Balaban J connectivity index is 2.45. The van der Waals surface area contributed by atoms with Gasteiger partial charge in [-0.05, 0) is 17.0 Å². The highest BCUT2D eigenvalue weighted by atomic mass is 32.2. The average Bonchev–Trinajstić information content (AvgIpc) is 2.71. The molecule has 0 aliphatic rings. The van der Waals surface area contributed by atoms with Crippen LogP contribution in [-0.2, 0) is 6.61 Å². The van der Waals surface area contributed by atoms with E-state index in [9.17, 15) is 0 Å². The van der Waals surface area contributed by atoms with Crippen LogP contribution in [-0.4, -0.2) is 10.1 Å². The Morgan fingerprint density at radius 3 is 2.92 bits per heavy atom. The van der Waals surface area contributed by atoms with Gasteiger partial charge in [0.2, 0.25) is 0 Å². The summed E-state index contributed by atoms with van der Waals surface area (Å²) in [6.45, 7) is 0.0677. The highest BCUT2D eigenvalue weighted by Crippen LogP contribution is 2.31. The molecule has 2 aromatic heterocycles. The molecule has 0 aliphatic carbocycles. The molecule has 0 amide bonds. The van der Waals surface area contributed by atoms with Crippen LogP contribution < -0.4 is 0 Å². The third-order valence-electron chi connectivity index (χ3n) is 1.64. The van der Waals surface area contributed by atoms with Gasteiger partial charge in [0.15, 0.2) is 0 Å². The van der Waals surface area contributed by atoms with Crippen molar-refractivity contribution in [3.05, 3.63) is 22.4 Å². The van der Waals surface area contributed by atoms with Crippen LogP contribution in [0.5, 0.6) is 0 Å². The number of hydrogen-bond acceptors (Lipinski definition) is 5. The van der Waals surface area contributed by atoms with E-state index in [2.05, 4.69) is 17.6 Å². The third-order valence-corrected chi connectivity index (χ3v) is 3.68. The standard InChI is InChI=1S/C8H7NOS3/c10-3-5-1-2-12-7(5)6-4-13-8(11)9-6/h1-2,4,10H,3H2,(H,9,11). The van der Waals surface area contributed by atoms with Gasteiger partial charge in [-0.15, -0.1) is 35.3 Å². The third kappa shape index (κ3) is 1.78. The van der Waals surface area contributed by atoms with Gasteiger partial charge in [-0.3, -0.25) is 0 Å². The number of aliphatic hydroxyl groups is 1. The topological polar surface area (TPSA) is 33.1 Å². The molecule has 13 heavy (non-hydrogen) atoms. The molecule has 0 saturated heterocycles. The van der Waals surface area contributed by atoms with Gasteiger partial charge >= 0.3 is 0 Å². The zero-order valence-electron chi connectivity index (χ0n) is 6.60. The van der Waals surface area contributed by atoms with Crippen molar-refractivity contribution >= 4 is 35.3 Å². The van der Waals surface area contributed by atoms with Crippen molar-refractivity contribution in [1.29, 1.82) is 0 Å². The number of hydrogen-bond donors (Lipinski definition) is 2. The Bertz CT molecular complexity index is 407. The summed E-state index contributed by atoms with van der Waals surface area (Å²) in [4.78, 5) is 5.28. The van der Waals surface area contributed by atoms with Crippen molar-refractivity contribution in [2.75, 3.05) is 0 Å². The molecule has 0 aliphatic heterocycles. The lowest BCUT2D eigenvalue weighted by Gasteiger charge is -1.94. The SMILES string of the molecule is OCc1ccsc1-c1csc(S)n1. The molecule has 2 rings (SSSR count). The van der Waals surface area contributed by atoms with E-state index in [0.717, 1.165) is 20.5 Å². The molecule has 0 fully saturated rings. The molecule has 0 aromatic carbocycles. The Morgan fingerprint density at radius 1 is 1.46 bits per heavy atom. The lowest BCUT2D eigenvalue weighted by atomic mass is 10.2. The summed E-state index contributed by atoms with van der Waals surface area (Å²) >= 11 is 7.24. The molecule has 2 aromatic rings. The molecule has 0 unspecified atom stereocenters. The summed E-state index contributed by atoms with van der Waals surface area (Å²) in [6.07, 6.45) is 0. The Labute approximate surface area is 89.3 Å². The number of aliphatic hydroxyl groups excluding tert-OH is 1. The quantitative estimate of drug-likeness (QED) is 0.776. The number of aromatic nitrogens is 1. The molecule has 68 valence electrons. The van der Waals surface area contributed by atoms with E-state index in [-0.39, 0.29) is 6.61 Å². The van der Waals surface area contributed by atoms with Crippen LogP contribution in [0.4, 0.5) is 0 Å². The predicted octanol–water partition coefficient (Wildman–Crippen LogP) is 2.65. The smallest absolute Gasteiger partial charge is 0.147 e. The molecule has 0 bridgehead atoms. The first kappa shape index (κ1) is 9.21. The van der Waals surface area contributed by atoms with Crippen LogP contribution in [0.2, 0.25) is 0 Å². The highest BCUT2D eigenvalue weighted by Gasteiger charge is 2.08. The number of thiazole rings is 1. The average molecular weight is 229 g/mol. The van der Waals surface area contributed by atoms with Gasteiger partial charge in [-0.1, -0.05) is 0 Å². The molecule has 0 atom stereocenters. The monoisotopic (exact) mass is 229 g/mol. The Morgan fingerprint density at radius 2 is 2.31 bits per heavy atom. The van der Waals surface area contributed by atoms with Gasteiger partial charge in [-0.2, -0.15) is 0 Å². The second kappa shape index (κ2) is 3.79. The maximum Gasteiger partial charge on any atom is 0.147 e. The van der Waals surface area contributed by atoms with Gasteiger partial charge in [-0.25, -0.2) is 4.98 Å². The fourth-order valence-corrected chi connectivity index (χ4v) is 2.81. The van der Waals surface area contributed by atoms with Crippen LogP contribution in [0.3, 0.4) is 0 Å². The lowest BCUT2D eigenvalue weighted by Crippen LogP contribution is -1.82. The number of rotatable bonds is 2. The van der Waals surface area contributed by atoms with Crippen LogP contribution >= 0.6 is 35.3 Å². The maximum absolute atomic E-state index is 9.04. The summed E-state index contributed by atoms with van der Waals surface area (Å²) in [5, 5.41) is 12.9. The van der Waals surface area contributed by atoms with Gasteiger partial charge in [0.1, 0.15) is 4.34 Å². The molecule has 1 N–H and O–H groups in total. The molecule has 5 heteroatoms. The fraction of sp³-hybridized carbons (Fsp3) is 0.125. The van der Waals surface area contributed by atoms with Crippen molar-refractivity contribution in [3.8, 4) is 10.6 Å². The van der Waals surface area contributed by atoms with Crippen molar-refractivity contribution < 1.29 is 5.11 Å². The van der Waals surface area contributed by atoms with Crippen molar-refractivity contribution in [2.24, 2.45) is 0 Å². The predicted molar refractivity (Wildman–Crippen MR) is 58.6 cm³/mol. The molecule has 0 spiro atoms. The van der Waals surface area contributed by atoms with Gasteiger partial charge < -0.3 is 5.11 Å². The lowest BCUT2D eigenvalue weighted by molar-refractivity contribution is 0.283. The minimum Gasteiger partial charge on any atom is -0.392 e. The van der Waals surface area contributed by atoms with Crippen LogP contribution in [0, 0.1) is 0 Å². The van der Waals surface area contributed by atoms with E-state index in [1.165, 1.54) is 11.3 Å². The molecular formula is C8H7NOS3. The van der Waals surface area contributed by atoms with E-state index in [0.29, 0.717) is 0 Å². The van der Waals surface area contributed by atoms with E-state index < -0.39 is 0 Å². The maximum atomic E-state index is 9.04. The fourth-order valence-electron chi connectivity index (χ4n) is 1.05. The van der Waals surface area contributed by atoms with Crippen LogP contribution in [0.1, 0.15) is 5.56 Å². The van der Waals surface area contributed by atoms with Crippen molar-refractivity contribution in [3.63, 3.8) is 0 Å². The van der Waals surface area contributed by atoms with Crippen LogP contribution in [0.15, 0.2) is 21.2 Å². The molecule has 0 radical (unpaired) electrons. The Kier molecular flexibility index (Phi) is 2.69. The number of nitrogens with zero attached hydrogens (tertiary/aromatic N) is 1. The molecule has 0 saturated carbocycles. The summed E-state index contributed by atoms with van der Waals surface area (Å²) in [7, 11) is 0. The highest BCUT2D eigenvalue weighted by molar-refractivity contribution is 7.82. The van der Waals surface area contributed by atoms with Gasteiger partial charge in [0, 0.05) is 5.38 Å². The van der Waals surface area contributed by atoms with E-state index in [1.807, 2.05) is 16.8 Å². The second-order valence-corrected chi connectivity index (χ2v) is 4.95. The zero-order valence-corrected chi connectivity index (χ0v) is 9.12. The number of thiophene rings is 1. The minimum absolute atomic E-state index is 0.0677. The second-order valence-electron chi connectivity index (χ2n) is 2.45. The summed E-state index contributed by atoms with van der Waals surface area (Å²) in [5.74, 6) is 0. The van der Waals surface area contributed by atoms with E-state index >= 15 is 0 Å². The normalized spacial score (nSPS) is 10.6. The summed E-state index contributed by atoms with van der Waals surface area (Å²) in [6, 6.07) is 1.91. The zero-order chi connectivity index (χ0) is 9.26. The first-order chi connectivity index (χ1) is 6.31. The summed E-state index contributed by atoms with van der Waals surface area (Å²) in [5.41, 5.74) is 1.85. The van der Waals surface area contributed by atoms with Gasteiger partial charge in [0.05, 0.1) is 17.2 Å². The minimum atomic E-state index is 0.0677. The van der Waals surface area contributed by atoms with Crippen molar-refractivity contribution in [1.82, 2.24) is 4.98 Å². The number of thiol groups is 1. The van der Waals surface area contributed by atoms with Crippen LogP contribution in [0.25, 0.3) is 10.6 Å². The van der Waals surface area contributed by atoms with Crippen molar-refractivity contribution in [2.45, 2.75) is 10.9 Å². The Hall–Kier alpha value is -0.360. The molecule has 2 nitrogen and oxygen atoms in total. The molecular weight excluding hydrogens is 222 g/mol. The largest absolute Gasteiger partial charge is 0.392 e. The van der Waals surface area contributed by atoms with Gasteiger partial charge in [0.25, 0.3) is 0 Å². The van der Waals surface area contributed by atoms with E-state index in [4.69, 9.17) is 5.11 Å².